The van der Waals surface area contributed by atoms with Crippen LogP contribution in [0, 0.1) is 6.92 Å². The number of sulfone groups is 1. The molecular formula is C14H17N3O4S2. The highest BCUT2D eigenvalue weighted by atomic mass is 32.2. The Balaban J connectivity index is 1.62. The van der Waals surface area contributed by atoms with Gasteiger partial charge in [-0.25, -0.2) is 8.42 Å². The van der Waals surface area contributed by atoms with Crippen molar-refractivity contribution in [3.8, 4) is 0 Å². The van der Waals surface area contributed by atoms with Crippen LogP contribution in [-0.4, -0.2) is 47.2 Å². The number of furan rings is 1. The van der Waals surface area contributed by atoms with Gasteiger partial charge in [-0.3, -0.25) is 4.79 Å². The van der Waals surface area contributed by atoms with Gasteiger partial charge in [-0.15, -0.1) is 5.10 Å². The fraction of sp³-hybridized carbons (Fsp3) is 0.500. The molecule has 1 aliphatic rings. The molecule has 124 valence electrons. The third-order valence-corrected chi connectivity index (χ3v) is 7.00. The molecule has 0 aliphatic carbocycles. The Morgan fingerprint density at radius 3 is 2.74 bits per heavy atom. The number of hydrogen-bond acceptors (Lipinski definition) is 7. The Hall–Kier alpha value is -1.74. The summed E-state index contributed by atoms with van der Waals surface area (Å²) in [5, 5.41) is 3.41. The summed E-state index contributed by atoms with van der Waals surface area (Å²) < 4.78 is 33.8. The monoisotopic (exact) mass is 355 g/mol. The zero-order valence-electron chi connectivity index (χ0n) is 12.6. The van der Waals surface area contributed by atoms with Gasteiger partial charge in [-0.05, 0) is 43.4 Å². The van der Waals surface area contributed by atoms with Crippen LogP contribution in [0.1, 0.15) is 34.0 Å². The predicted molar refractivity (Wildman–Crippen MR) is 84.9 cm³/mol. The molecule has 0 radical (unpaired) electrons. The fourth-order valence-corrected chi connectivity index (χ4v) is 5.05. The van der Waals surface area contributed by atoms with E-state index < -0.39 is 15.1 Å². The van der Waals surface area contributed by atoms with Crippen molar-refractivity contribution in [1.82, 2.24) is 14.5 Å². The van der Waals surface area contributed by atoms with Gasteiger partial charge >= 0.3 is 0 Å². The van der Waals surface area contributed by atoms with Gasteiger partial charge in [0.05, 0.1) is 17.2 Å². The van der Waals surface area contributed by atoms with Gasteiger partial charge in [0.25, 0.3) is 5.91 Å². The van der Waals surface area contributed by atoms with Crippen molar-refractivity contribution in [2.45, 2.75) is 30.8 Å². The van der Waals surface area contributed by atoms with Crippen LogP contribution in [0.15, 0.2) is 22.8 Å². The molecule has 2 aromatic heterocycles. The molecule has 3 heterocycles. The number of piperidine rings is 1. The number of likely N-dealkylation sites (tertiary alicyclic amines) is 1. The van der Waals surface area contributed by atoms with Gasteiger partial charge < -0.3 is 9.32 Å². The highest BCUT2D eigenvalue weighted by Crippen LogP contribution is 2.23. The zero-order chi connectivity index (χ0) is 16.4. The van der Waals surface area contributed by atoms with Crippen molar-refractivity contribution in [3.63, 3.8) is 0 Å². The van der Waals surface area contributed by atoms with Crippen LogP contribution in [0.3, 0.4) is 0 Å². The number of nitrogens with zero attached hydrogens (tertiary/aromatic N) is 3. The SMILES string of the molecule is Cc1nnsc1C(=O)N1CCC(S(=O)(=O)Cc2ccco2)CC1. The Labute approximate surface area is 138 Å². The zero-order valence-corrected chi connectivity index (χ0v) is 14.3. The van der Waals surface area contributed by atoms with Crippen LogP contribution in [0.5, 0.6) is 0 Å². The predicted octanol–water partition coefficient (Wildman–Crippen LogP) is 1.66. The van der Waals surface area contributed by atoms with E-state index in [0.29, 0.717) is 42.3 Å². The molecule has 0 N–H and O–H groups in total. The largest absolute Gasteiger partial charge is 0.468 e. The Morgan fingerprint density at radius 2 is 2.17 bits per heavy atom. The maximum absolute atomic E-state index is 12.4. The quantitative estimate of drug-likeness (QED) is 0.828. The molecule has 1 saturated heterocycles. The topological polar surface area (TPSA) is 93.4 Å². The molecular weight excluding hydrogens is 338 g/mol. The average molecular weight is 355 g/mol. The van der Waals surface area contributed by atoms with Crippen molar-refractivity contribution in [3.05, 3.63) is 34.7 Å². The molecule has 3 rings (SSSR count). The molecule has 0 bridgehead atoms. The molecule has 1 aliphatic heterocycles. The van der Waals surface area contributed by atoms with Crippen LogP contribution in [-0.2, 0) is 15.6 Å². The molecule has 0 unspecified atom stereocenters. The number of amides is 1. The first kappa shape index (κ1) is 16.1. The van der Waals surface area contributed by atoms with Gasteiger partial charge in [-0.1, -0.05) is 4.49 Å². The lowest BCUT2D eigenvalue weighted by atomic mass is 10.1. The summed E-state index contributed by atoms with van der Waals surface area (Å²) in [5.41, 5.74) is 0.618. The van der Waals surface area contributed by atoms with E-state index in [9.17, 15) is 13.2 Å². The van der Waals surface area contributed by atoms with Crippen LogP contribution < -0.4 is 0 Å². The number of aryl methyl sites for hydroxylation is 1. The van der Waals surface area contributed by atoms with Crippen molar-refractivity contribution >= 4 is 27.3 Å². The molecule has 0 spiro atoms. The normalized spacial score (nSPS) is 16.7. The smallest absolute Gasteiger partial charge is 0.267 e. The van der Waals surface area contributed by atoms with E-state index in [4.69, 9.17) is 4.42 Å². The molecule has 1 amide bonds. The lowest BCUT2D eigenvalue weighted by Crippen LogP contribution is -2.42. The Kier molecular flexibility index (Phi) is 4.49. The van der Waals surface area contributed by atoms with E-state index in [0.717, 1.165) is 11.5 Å². The molecule has 23 heavy (non-hydrogen) atoms. The van der Waals surface area contributed by atoms with Gasteiger partial charge in [0.1, 0.15) is 16.4 Å². The molecule has 9 heteroatoms. The van der Waals surface area contributed by atoms with E-state index >= 15 is 0 Å². The minimum atomic E-state index is -3.27. The standard InChI is InChI=1S/C14H17N3O4S2/c1-10-13(22-16-15-10)14(18)17-6-4-12(5-7-17)23(19,20)9-11-3-2-8-21-11/h2-3,8,12H,4-7,9H2,1H3. The molecule has 2 aromatic rings. The summed E-state index contributed by atoms with van der Waals surface area (Å²) in [6.45, 7) is 2.60. The second kappa shape index (κ2) is 6.40. The molecule has 0 atom stereocenters. The molecule has 0 saturated carbocycles. The van der Waals surface area contributed by atoms with Crippen molar-refractivity contribution in [1.29, 1.82) is 0 Å². The summed E-state index contributed by atoms with van der Waals surface area (Å²) in [5.74, 6) is 0.255. The number of aromatic nitrogens is 2. The fourth-order valence-electron chi connectivity index (χ4n) is 2.70. The first-order valence-corrected chi connectivity index (χ1v) is 9.78. The van der Waals surface area contributed by atoms with Crippen molar-refractivity contribution < 1.29 is 17.6 Å². The molecule has 1 fully saturated rings. The van der Waals surface area contributed by atoms with Crippen molar-refractivity contribution in [2.24, 2.45) is 0 Å². The summed E-state index contributed by atoms with van der Waals surface area (Å²) in [6, 6.07) is 3.34. The number of hydrogen-bond donors (Lipinski definition) is 0. The molecule has 7 nitrogen and oxygen atoms in total. The minimum absolute atomic E-state index is 0.0868. The lowest BCUT2D eigenvalue weighted by Gasteiger charge is -2.31. The van der Waals surface area contributed by atoms with E-state index in [1.807, 2.05) is 0 Å². The van der Waals surface area contributed by atoms with Crippen LogP contribution in [0.2, 0.25) is 0 Å². The Bertz CT molecular complexity index is 775. The van der Waals surface area contributed by atoms with Crippen LogP contribution >= 0.6 is 11.5 Å². The highest BCUT2D eigenvalue weighted by molar-refractivity contribution is 7.91. The van der Waals surface area contributed by atoms with Gasteiger partial charge in [0.15, 0.2) is 9.84 Å². The van der Waals surface area contributed by atoms with Gasteiger partial charge in [-0.2, -0.15) is 0 Å². The van der Waals surface area contributed by atoms with E-state index in [1.165, 1.54) is 6.26 Å². The highest BCUT2D eigenvalue weighted by Gasteiger charge is 2.33. The maximum Gasteiger partial charge on any atom is 0.267 e. The van der Waals surface area contributed by atoms with E-state index in [-0.39, 0.29) is 11.7 Å². The number of carbonyl (C=O) groups excluding carboxylic acids is 1. The summed E-state index contributed by atoms with van der Waals surface area (Å²) in [7, 11) is -3.27. The van der Waals surface area contributed by atoms with Gasteiger partial charge in [0, 0.05) is 13.1 Å². The second-order valence-electron chi connectivity index (χ2n) is 5.57. The van der Waals surface area contributed by atoms with E-state index in [1.54, 1.807) is 24.0 Å². The number of carbonyl (C=O) groups is 1. The average Bonchev–Trinajstić information content (AvgIpc) is 3.18. The third kappa shape index (κ3) is 3.45. The van der Waals surface area contributed by atoms with Gasteiger partial charge in [0.2, 0.25) is 0 Å². The first-order valence-electron chi connectivity index (χ1n) is 7.29. The summed E-state index contributed by atoms with van der Waals surface area (Å²) in [4.78, 5) is 14.6. The molecule has 0 aromatic carbocycles. The van der Waals surface area contributed by atoms with Crippen molar-refractivity contribution in [2.75, 3.05) is 13.1 Å². The third-order valence-electron chi connectivity index (χ3n) is 4.01. The summed E-state index contributed by atoms with van der Waals surface area (Å²) >= 11 is 1.08. The van der Waals surface area contributed by atoms with Crippen LogP contribution in [0.25, 0.3) is 0 Å². The first-order chi connectivity index (χ1) is 11.0. The lowest BCUT2D eigenvalue weighted by molar-refractivity contribution is 0.0729. The maximum atomic E-state index is 12.4. The summed E-state index contributed by atoms with van der Waals surface area (Å²) in [6.07, 6.45) is 2.36. The van der Waals surface area contributed by atoms with E-state index in [2.05, 4.69) is 9.59 Å². The number of rotatable bonds is 4. The second-order valence-corrected chi connectivity index (χ2v) is 8.60. The van der Waals surface area contributed by atoms with Crippen LogP contribution in [0.4, 0.5) is 0 Å². The minimum Gasteiger partial charge on any atom is -0.468 e. The Morgan fingerprint density at radius 1 is 1.43 bits per heavy atom.